The van der Waals surface area contributed by atoms with Crippen LogP contribution in [-0.2, 0) is 9.53 Å². The molecule has 0 aromatic carbocycles. The van der Waals surface area contributed by atoms with Gasteiger partial charge in [0.15, 0.2) is 18.3 Å². The minimum Gasteiger partial charge on any atom is -0.465 e. The molecule has 1 amide bonds. The monoisotopic (exact) mass is 335 g/mol. The van der Waals surface area contributed by atoms with Crippen LogP contribution in [0.1, 0.15) is 43.3 Å². The Bertz CT molecular complexity index is 696. The molecule has 1 aliphatic heterocycles. The minimum absolute atomic E-state index is 0.0909. The number of aromatic nitrogens is 4. The van der Waals surface area contributed by atoms with Crippen molar-refractivity contribution in [3.63, 3.8) is 0 Å². The van der Waals surface area contributed by atoms with E-state index in [1.807, 2.05) is 13.8 Å². The van der Waals surface area contributed by atoms with Gasteiger partial charge in [-0.05, 0) is 12.1 Å². The lowest BCUT2D eigenvalue weighted by Crippen LogP contribution is -2.44. The largest absolute Gasteiger partial charge is 0.465 e. The lowest BCUT2D eigenvalue weighted by atomic mass is 10.2. The van der Waals surface area contributed by atoms with E-state index >= 15 is 0 Å². The van der Waals surface area contributed by atoms with Gasteiger partial charge in [-0.15, -0.1) is 0 Å². The summed E-state index contributed by atoms with van der Waals surface area (Å²) in [5.74, 6) is 2.42. The smallest absolute Gasteiger partial charge is 0.260 e. The zero-order chi connectivity index (χ0) is 17.1. The summed E-state index contributed by atoms with van der Waals surface area (Å²) in [5.41, 5.74) is 0. The molecule has 0 spiro atoms. The van der Waals surface area contributed by atoms with E-state index < -0.39 is 0 Å². The van der Waals surface area contributed by atoms with Crippen LogP contribution in [0.4, 0.5) is 0 Å². The molecule has 0 aliphatic carbocycles. The second-order valence-corrected chi connectivity index (χ2v) is 6.00. The van der Waals surface area contributed by atoms with Gasteiger partial charge in [0.2, 0.25) is 0 Å². The summed E-state index contributed by atoms with van der Waals surface area (Å²) in [4.78, 5) is 18.4. The van der Waals surface area contributed by atoms with Crippen LogP contribution < -0.4 is 4.74 Å². The molecule has 24 heavy (non-hydrogen) atoms. The number of amides is 1. The van der Waals surface area contributed by atoms with Gasteiger partial charge in [0, 0.05) is 18.5 Å². The summed E-state index contributed by atoms with van der Waals surface area (Å²) in [6, 6.07) is 1.64. The highest BCUT2D eigenvalue weighted by atomic mass is 16.5. The van der Waals surface area contributed by atoms with Gasteiger partial charge in [-0.2, -0.15) is 5.10 Å². The van der Waals surface area contributed by atoms with Crippen molar-refractivity contribution in [2.75, 3.05) is 26.3 Å². The molecule has 1 fully saturated rings. The molecule has 2 aromatic heterocycles. The van der Waals surface area contributed by atoms with E-state index in [1.54, 1.807) is 17.9 Å². The van der Waals surface area contributed by atoms with Crippen LogP contribution in [0, 0.1) is 6.92 Å². The first-order valence-corrected chi connectivity index (χ1v) is 7.90. The van der Waals surface area contributed by atoms with Crippen molar-refractivity contribution in [2.24, 2.45) is 0 Å². The molecule has 2 aromatic rings. The average molecular weight is 335 g/mol. The molecule has 3 rings (SSSR count). The Kier molecular flexibility index (Phi) is 4.79. The van der Waals surface area contributed by atoms with Crippen molar-refractivity contribution in [2.45, 2.75) is 32.8 Å². The van der Waals surface area contributed by atoms with Crippen LogP contribution in [0.15, 0.2) is 10.6 Å². The Morgan fingerprint density at radius 2 is 2.38 bits per heavy atom. The van der Waals surface area contributed by atoms with Crippen LogP contribution in [0.3, 0.4) is 0 Å². The fraction of sp³-hybridized carbons (Fsp3) is 0.600. The van der Waals surface area contributed by atoms with E-state index in [4.69, 9.17) is 14.0 Å². The molecule has 130 valence electrons. The van der Waals surface area contributed by atoms with E-state index in [2.05, 4.69) is 20.3 Å². The van der Waals surface area contributed by atoms with Crippen molar-refractivity contribution in [1.82, 2.24) is 25.2 Å². The number of hydrogen-bond donors (Lipinski definition) is 1. The maximum atomic E-state index is 12.3. The molecular formula is C15H21N5O4. The Hall–Kier alpha value is -2.42. The van der Waals surface area contributed by atoms with Crippen LogP contribution in [-0.4, -0.2) is 57.4 Å². The third-order valence-corrected chi connectivity index (χ3v) is 3.71. The van der Waals surface area contributed by atoms with Crippen molar-refractivity contribution in [3.8, 4) is 5.88 Å². The number of nitrogens with one attached hydrogen (secondary N) is 1. The molecule has 0 saturated carbocycles. The van der Waals surface area contributed by atoms with Gasteiger partial charge >= 0.3 is 0 Å². The van der Waals surface area contributed by atoms with E-state index in [-0.39, 0.29) is 24.5 Å². The van der Waals surface area contributed by atoms with Gasteiger partial charge in [0.1, 0.15) is 11.9 Å². The number of H-pyrrole nitrogens is 1. The molecule has 1 atom stereocenters. The average Bonchev–Trinajstić information content (AvgIpc) is 3.22. The van der Waals surface area contributed by atoms with E-state index in [0.29, 0.717) is 37.2 Å². The van der Waals surface area contributed by atoms with Gasteiger partial charge in [-0.1, -0.05) is 13.8 Å². The van der Waals surface area contributed by atoms with Crippen molar-refractivity contribution >= 4 is 5.91 Å². The fourth-order valence-corrected chi connectivity index (χ4v) is 2.37. The highest BCUT2D eigenvalue weighted by Gasteiger charge is 2.28. The lowest BCUT2D eigenvalue weighted by molar-refractivity contribution is -0.141. The minimum atomic E-state index is -0.308. The Labute approximate surface area is 139 Å². The molecule has 1 N–H and O–H groups in total. The number of rotatable bonds is 5. The molecule has 9 nitrogen and oxygen atoms in total. The van der Waals surface area contributed by atoms with Crippen molar-refractivity contribution in [3.05, 3.63) is 23.5 Å². The van der Waals surface area contributed by atoms with E-state index in [1.165, 1.54) is 0 Å². The van der Waals surface area contributed by atoms with Crippen LogP contribution in [0.5, 0.6) is 5.88 Å². The highest BCUT2D eigenvalue weighted by molar-refractivity contribution is 5.77. The van der Waals surface area contributed by atoms with E-state index in [9.17, 15) is 4.79 Å². The zero-order valence-corrected chi connectivity index (χ0v) is 14.0. The highest BCUT2D eigenvalue weighted by Crippen LogP contribution is 2.21. The topological polar surface area (TPSA) is 106 Å². The second kappa shape index (κ2) is 7.00. The molecule has 1 saturated heterocycles. The quantitative estimate of drug-likeness (QED) is 0.875. The lowest BCUT2D eigenvalue weighted by Gasteiger charge is -2.31. The van der Waals surface area contributed by atoms with Crippen molar-refractivity contribution in [1.29, 1.82) is 0 Å². The van der Waals surface area contributed by atoms with Crippen LogP contribution in [0.2, 0.25) is 0 Å². The first kappa shape index (κ1) is 16.4. The second-order valence-electron chi connectivity index (χ2n) is 6.00. The SMILES string of the molecule is Cc1cc(OCC(=O)N2CCO[C@H](c3nc(C(C)C)n[nH]3)C2)no1. The summed E-state index contributed by atoms with van der Waals surface area (Å²) in [6.07, 6.45) is -0.308. The molecule has 0 bridgehead atoms. The summed E-state index contributed by atoms with van der Waals surface area (Å²) < 4.78 is 16.0. The van der Waals surface area contributed by atoms with Gasteiger partial charge in [-0.25, -0.2) is 4.98 Å². The Balaban J connectivity index is 1.56. The standard InChI is InChI=1S/C15H21N5O4/c1-9(2)14-16-15(18-17-14)11-7-20(4-5-22-11)13(21)8-23-12-6-10(3)24-19-12/h6,9,11H,4-5,7-8H2,1-3H3,(H,16,17,18)/t11-/m0/s1. The number of aromatic amines is 1. The third kappa shape index (κ3) is 3.73. The fourth-order valence-electron chi connectivity index (χ4n) is 2.37. The van der Waals surface area contributed by atoms with Crippen LogP contribution >= 0.6 is 0 Å². The molecule has 3 heterocycles. The molecular weight excluding hydrogens is 314 g/mol. The van der Waals surface area contributed by atoms with Gasteiger partial charge in [-0.3, -0.25) is 9.89 Å². The summed E-state index contributed by atoms with van der Waals surface area (Å²) in [6.45, 7) is 7.08. The summed E-state index contributed by atoms with van der Waals surface area (Å²) >= 11 is 0. The Morgan fingerprint density at radius 1 is 1.54 bits per heavy atom. The van der Waals surface area contributed by atoms with Crippen molar-refractivity contribution < 1.29 is 18.8 Å². The van der Waals surface area contributed by atoms with Gasteiger partial charge in [0.05, 0.1) is 13.2 Å². The molecule has 0 radical (unpaired) electrons. The molecule has 0 unspecified atom stereocenters. The first-order valence-electron chi connectivity index (χ1n) is 7.90. The number of hydrogen-bond acceptors (Lipinski definition) is 7. The maximum Gasteiger partial charge on any atom is 0.260 e. The normalized spacial score (nSPS) is 18.2. The first-order chi connectivity index (χ1) is 11.5. The predicted octanol–water partition coefficient (Wildman–Crippen LogP) is 1.20. The van der Waals surface area contributed by atoms with Gasteiger partial charge in [0.25, 0.3) is 11.8 Å². The zero-order valence-electron chi connectivity index (χ0n) is 14.0. The third-order valence-electron chi connectivity index (χ3n) is 3.71. The number of carbonyl (C=O) groups is 1. The van der Waals surface area contributed by atoms with E-state index in [0.717, 1.165) is 5.82 Å². The number of carbonyl (C=O) groups excluding carboxylic acids is 1. The maximum absolute atomic E-state index is 12.3. The number of aryl methyl sites for hydroxylation is 1. The summed E-state index contributed by atoms with van der Waals surface area (Å²) in [7, 11) is 0. The van der Waals surface area contributed by atoms with Gasteiger partial charge < -0.3 is 18.9 Å². The Morgan fingerprint density at radius 3 is 3.04 bits per heavy atom. The number of morpholine rings is 1. The molecule has 9 heteroatoms. The van der Waals surface area contributed by atoms with Crippen LogP contribution in [0.25, 0.3) is 0 Å². The number of nitrogens with zero attached hydrogens (tertiary/aromatic N) is 4. The molecule has 1 aliphatic rings. The summed E-state index contributed by atoms with van der Waals surface area (Å²) in [5, 5.41) is 10.8. The number of ether oxygens (including phenoxy) is 2. The predicted molar refractivity (Wildman–Crippen MR) is 82.5 cm³/mol.